The summed E-state index contributed by atoms with van der Waals surface area (Å²) in [7, 11) is 0. The van der Waals surface area contributed by atoms with Crippen molar-refractivity contribution in [3.05, 3.63) is 15.8 Å². The molecule has 0 aromatic carbocycles. The van der Waals surface area contributed by atoms with E-state index in [1.165, 1.54) is 11.3 Å². The standard InChI is InChI=1S/C28H44N2O6S/c1-17-7-11-20(12-8-17)25(31)30(22-15-23(28(4,5)6)37-24(22)26(32)33)19(3)10-9-18(2)29-27(34)36-21-13-14-35-16-21/h15,17-21H,7-14,16H2,1-6H3,(H,29,34)(H,32,33)/t17-,18?,19?,20-,21-/m1/s1. The molecule has 1 aliphatic carbocycles. The summed E-state index contributed by atoms with van der Waals surface area (Å²) < 4.78 is 10.7. The minimum absolute atomic E-state index is 0.0152. The van der Waals surface area contributed by atoms with Gasteiger partial charge >= 0.3 is 12.1 Å². The van der Waals surface area contributed by atoms with E-state index < -0.39 is 12.1 Å². The van der Waals surface area contributed by atoms with Crippen molar-refractivity contribution in [3.63, 3.8) is 0 Å². The van der Waals surface area contributed by atoms with Crippen molar-refractivity contribution in [1.82, 2.24) is 5.32 Å². The van der Waals surface area contributed by atoms with E-state index in [-0.39, 0.29) is 40.3 Å². The molecule has 0 radical (unpaired) electrons. The maximum absolute atomic E-state index is 13.9. The lowest BCUT2D eigenvalue weighted by atomic mass is 9.82. The van der Waals surface area contributed by atoms with Crippen molar-refractivity contribution >= 4 is 35.0 Å². The summed E-state index contributed by atoms with van der Waals surface area (Å²) >= 11 is 1.26. The number of carboxylic acids is 1. The van der Waals surface area contributed by atoms with Gasteiger partial charge in [0, 0.05) is 29.3 Å². The molecule has 2 aliphatic rings. The first-order valence-corrected chi connectivity index (χ1v) is 14.4. The molecule has 2 fully saturated rings. The normalized spacial score (nSPS) is 23.8. The highest BCUT2D eigenvalue weighted by atomic mass is 32.1. The van der Waals surface area contributed by atoms with Gasteiger partial charge in [-0.25, -0.2) is 9.59 Å². The van der Waals surface area contributed by atoms with Crippen molar-refractivity contribution in [2.45, 2.75) is 110 Å². The fraction of sp³-hybridized carbons (Fsp3) is 0.750. The average molecular weight is 537 g/mol. The van der Waals surface area contributed by atoms with Gasteiger partial charge in [0.15, 0.2) is 0 Å². The molecule has 2 amide bonds. The van der Waals surface area contributed by atoms with Crippen LogP contribution in [0.1, 0.15) is 101 Å². The van der Waals surface area contributed by atoms with Gasteiger partial charge in [-0.2, -0.15) is 0 Å². The highest BCUT2D eigenvalue weighted by molar-refractivity contribution is 7.14. The van der Waals surface area contributed by atoms with E-state index in [9.17, 15) is 19.5 Å². The van der Waals surface area contributed by atoms with Crippen LogP contribution < -0.4 is 10.2 Å². The number of ether oxygens (including phenoxy) is 2. The number of nitrogens with zero attached hydrogens (tertiary/aromatic N) is 1. The molecule has 1 saturated carbocycles. The number of carbonyl (C=O) groups excluding carboxylic acids is 2. The van der Waals surface area contributed by atoms with E-state index in [4.69, 9.17) is 9.47 Å². The number of hydrogen-bond donors (Lipinski definition) is 2. The molecule has 1 saturated heterocycles. The fourth-order valence-corrected chi connectivity index (χ4v) is 6.09. The molecule has 1 aromatic rings. The zero-order chi connectivity index (χ0) is 27.3. The number of alkyl carbamates (subject to hydrolysis) is 1. The first-order chi connectivity index (χ1) is 17.4. The molecule has 3 atom stereocenters. The van der Waals surface area contributed by atoms with Crippen LogP contribution in [0.3, 0.4) is 0 Å². The van der Waals surface area contributed by atoms with Gasteiger partial charge in [0.05, 0.1) is 18.9 Å². The van der Waals surface area contributed by atoms with Crippen LogP contribution in [0.25, 0.3) is 0 Å². The second-order valence-electron chi connectivity index (χ2n) is 11.9. The maximum atomic E-state index is 13.9. The predicted octanol–water partition coefficient (Wildman–Crippen LogP) is 5.98. The smallest absolute Gasteiger partial charge is 0.407 e. The Kier molecular flexibility index (Phi) is 10.0. The zero-order valence-corrected chi connectivity index (χ0v) is 24.0. The fourth-order valence-electron chi connectivity index (χ4n) is 5.05. The van der Waals surface area contributed by atoms with Crippen LogP contribution in [0.2, 0.25) is 0 Å². The van der Waals surface area contributed by atoms with Crippen molar-refractivity contribution in [1.29, 1.82) is 0 Å². The minimum Gasteiger partial charge on any atom is -0.477 e. The predicted molar refractivity (Wildman–Crippen MR) is 146 cm³/mol. The van der Waals surface area contributed by atoms with Crippen LogP contribution in [0.4, 0.5) is 10.5 Å². The maximum Gasteiger partial charge on any atom is 0.407 e. The third kappa shape index (κ3) is 7.93. The van der Waals surface area contributed by atoms with Crippen molar-refractivity contribution in [3.8, 4) is 0 Å². The van der Waals surface area contributed by atoms with E-state index in [0.717, 1.165) is 30.6 Å². The van der Waals surface area contributed by atoms with E-state index in [2.05, 4.69) is 33.0 Å². The SMILES string of the molecule is CC(CCC(C)N(c1cc(C(C)(C)C)sc1C(=O)O)C(=O)[C@H]1CC[C@H](C)CC1)NC(=O)O[C@@H]1CCOC1. The van der Waals surface area contributed by atoms with Crippen molar-refractivity contribution in [2.24, 2.45) is 11.8 Å². The van der Waals surface area contributed by atoms with Gasteiger partial charge in [0.25, 0.3) is 0 Å². The molecule has 2 heterocycles. The Morgan fingerprint density at radius 1 is 1.16 bits per heavy atom. The van der Waals surface area contributed by atoms with E-state index in [1.807, 2.05) is 19.9 Å². The highest BCUT2D eigenvalue weighted by Crippen LogP contribution is 2.40. The number of thiophene rings is 1. The second-order valence-corrected chi connectivity index (χ2v) is 13.0. The largest absolute Gasteiger partial charge is 0.477 e. The molecule has 208 valence electrons. The molecule has 9 heteroatoms. The van der Waals surface area contributed by atoms with Crippen LogP contribution in [-0.4, -0.2) is 54.5 Å². The Hall–Kier alpha value is -2.13. The molecular weight excluding hydrogens is 492 g/mol. The summed E-state index contributed by atoms with van der Waals surface area (Å²) in [5, 5.41) is 12.9. The molecule has 3 rings (SSSR count). The van der Waals surface area contributed by atoms with Gasteiger partial charge in [-0.3, -0.25) is 4.79 Å². The Morgan fingerprint density at radius 2 is 1.84 bits per heavy atom. The monoisotopic (exact) mass is 536 g/mol. The van der Waals surface area contributed by atoms with Crippen LogP contribution >= 0.6 is 11.3 Å². The van der Waals surface area contributed by atoms with Gasteiger partial charge < -0.3 is 24.8 Å². The van der Waals surface area contributed by atoms with Crippen LogP contribution in [-0.2, 0) is 19.7 Å². The van der Waals surface area contributed by atoms with Gasteiger partial charge in [-0.05, 0) is 69.8 Å². The summed E-state index contributed by atoms with van der Waals surface area (Å²) in [6, 6.07) is 1.52. The molecule has 37 heavy (non-hydrogen) atoms. The van der Waals surface area contributed by atoms with Gasteiger partial charge in [-0.15, -0.1) is 11.3 Å². The number of carbonyl (C=O) groups is 3. The van der Waals surface area contributed by atoms with E-state index in [1.54, 1.807) is 4.90 Å². The second kappa shape index (κ2) is 12.6. The molecule has 2 unspecified atom stereocenters. The Labute approximate surface area is 225 Å². The Balaban J connectivity index is 1.77. The average Bonchev–Trinajstić information content (AvgIpc) is 3.48. The summed E-state index contributed by atoms with van der Waals surface area (Å²) in [4.78, 5) is 41.3. The zero-order valence-electron chi connectivity index (χ0n) is 23.2. The highest BCUT2D eigenvalue weighted by Gasteiger charge is 2.35. The number of nitrogens with one attached hydrogen (secondary N) is 1. The number of amides is 2. The van der Waals surface area contributed by atoms with Gasteiger partial charge in [0.1, 0.15) is 11.0 Å². The van der Waals surface area contributed by atoms with Crippen LogP contribution in [0.5, 0.6) is 0 Å². The molecule has 1 aromatic heterocycles. The molecule has 8 nitrogen and oxygen atoms in total. The summed E-state index contributed by atoms with van der Waals surface area (Å²) in [6.07, 6.45) is 4.96. The first kappa shape index (κ1) is 29.4. The summed E-state index contributed by atoms with van der Waals surface area (Å²) in [5.74, 6) is -0.481. The number of aromatic carboxylic acids is 1. The summed E-state index contributed by atoms with van der Waals surface area (Å²) in [5.41, 5.74) is 0.272. The molecule has 2 N–H and O–H groups in total. The molecule has 1 aliphatic heterocycles. The third-order valence-corrected chi connectivity index (χ3v) is 9.03. The lowest BCUT2D eigenvalue weighted by Gasteiger charge is -2.35. The van der Waals surface area contributed by atoms with Crippen molar-refractivity contribution in [2.75, 3.05) is 18.1 Å². The lowest BCUT2D eigenvalue weighted by Crippen LogP contribution is -2.44. The van der Waals surface area contributed by atoms with Gasteiger partial charge in [0.2, 0.25) is 5.91 Å². The number of anilines is 1. The third-order valence-electron chi connectivity index (χ3n) is 7.49. The number of carboxylic acid groups (broad SMARTS) is 1. The first-order valence-electron chi connectivity index (χ1n) is 13.6. The number of hydrogen-bond acceptors (Lipinski definition) is 6. The quantitative estimate of drug-likeness (QED) is 0.403. The van der Waals surface area contributed by atoms with E-state index in [0.29, 0.717) is 44.1 Å². The Bertz CT molecular complexity index is 941. The molecular formula is C28H44N2O6S. The Morgan fingerprint density at radius 3 is 2.41 bits per heavy atom. The number of rotatable bonds is 9. The van der Waals surface area contributed by atoms with Crippen LogP contribution in [0, 0.1) is 11.8 Å². The van der Waals surface area contributed by atoms with E-state index >= 15 is 0 Å². The minimum atomic E-state index is -1.01. The summed E-state index contributed by atoms with van der Waals surface area (Å²) in [6.45, 7) is 13.3. The lowest BCUT2D eigenvalue weighted by molar-refractivity contribution is -0.124. The topological polar surface area (TPSA) is 105 Å². The van der Waals surface area contributed by atoms with Crippen molar-refractivity contribution < 1.29 is 29.0 Å². The molecule has 0 spiro atoms. The van der Waals surface area contributed by atoms with Gasteiger partial charge in [-0.1, -0.05) is 27.7 Å². The van der Waals surface area contributed by atoms with Crippen LogP contribution in [0.15, 0.2) is 6.07 Å². The molecule has 0 bridgehead atoms.